The molecule has 4 nitrogen and oxygen atoms in total. The quantitative estimate of drug-likeness (QED) is 0.822. The van der Waals surface area contributed by atoms with Crippen LogP contribution in [0.1, 0.15) is 67.8 Å². The molecule has 1 amide bonds. The minimum atomic E-state index is -3.07. The molecular formula is C19H27NO3S. The molecule has 3 rings (SSSR count). The summed E-state index contributed by atoms with van der Waals surface area (Å²) >= 11 is 0. The van der Waals surface area contributed by atoms with Crippen molar-refractivity contribution in [1.82, 2.24) is 4.90 Å². The van der Waals surface area contributed by atoms with Gasteiger partial charge in [-0.25, -0.2) is 8.42 Å². The van der Waals surface area contributed by atoms with E-state index in [4.69, 9.17) is 0 Å². The Bertz CT molecular complexity index is 690. The monoisotopic (exact) mass is 349 g/mol. The summed E-state index contributed by atoms with van der Waals surface area (Å²) in [6.07, 6.45) is 6.41. The van der Waals surface area contributed by atoms with E-state index >= 15 is 0 Å². The van der Waals surface area contributed by atoms with Gasteiger partial charge in [0.2, 0.25) is 0 Å². The highest BCUT2D eigenvalue weighted by Gasteiger charge is 2.38. The molecule has 2 unspecified atom stereocenters. The summed E-state index contributed by atoms with van der Waals surface area (Å²) in [6, 6.07) is 7.70. The predicted molar refractivity (Wildman–Crippen MR) is 96.0 cm³/mol. The first-order chi connectivity index (χ1) is 11.4. The Hall–Kier alpha value is -1.36. The molecule has 1 aliphatic carbocycles. The number of hydrogen-bond donors (Lipinski definition) is 0. The molecule has 1 aromatic carbocycles. The number of sulfone groups is 1. The molecule has 1 heterocycles. The number of amides is 1. The highest BCUT2D eigenvalue weighted by molar-refractivity contribution is 7.92. The molecule has 0 radical (unpaired) electrons. The first-order valence-electron chi connectivity index (χ1n) is 9.02. The molecule has 1 aromatic rings. The molecule has 2 aliphatic rings. The highest BCUT2D eigenvalue weighted by Crippen LogP contribution is 2.32. The number of carbonyl (C=O) groups excluding carboxylic acids is 1. The lowest BCUT2D eigenvalue weighted by atomic mass is 9.84. The van der Waals surface area contributed by atoms with Crippen LogP contribution in [-0.4, -0.2) is 42.8 Å². The fourth-order valence-electron chi connectivity index (χ4n) is 3.95. The SMILES string of the molecule is CC1C(C)S(=O)(=O)CCN1C(=O)c1ccc(C2CCCCC2)cc1. The van der Waals surface area contributed by atoms with Gasteiger partial charge in [0.1, 0.15) is 0 Å². The molecule has 132 valence electrons. The first kappa shape index (κ1) is 17.5. The van der Waals surface area contributed by atoms with Gasteiger partial charge in [-0.1, -0.05) is 31.4 Å². The normalized spacial score (nSPS) is 27.8. The van der Waals surface area contributed by atoms with Crippen molar-refractivity contribution in [2.24, 2.45) is 0 Å². The second-order valence-electron chi connectivity index (χ2n) is 7.27. The second-order valence-corrected chi connectivity index (χ2v) is 9.75. The molecular weight excluding hydrogens is 322 g/mol. The molecule has 2 atom stereocenters. The van der Waals surface area contributed by atoms with Crippen LogP contribution >= 0.6 is 0 Å². The highest BCUT2D eigenvalue weighted by atomic mass is 32.2. The first-order valence-corrected chi connectivity index (χ1v) is 10.7. The van der Waals surface area contributed by atoms with Crippen LogP contribution in [0.15, 0.2) is 24.3 Å². The molecule has 24 heavy (non-hydrogen) atoms. The van der Waals surface area contributed by atoms with Gasteiger partial charge in [-0.2, -0.15) is 0 Å². The average molecular weight is 349 g/mol. The van der Waals surface area contributed by atoms with Crippen molar-refractivity contribution < 1.29 is 13.2 Å². The van der Waals surface area contributed by atoms with Gasteiger partial charge >= 0.3 is 0 Å². The van der Waals surface area contributed by atoms with Crippen LogP contribution in [0.2, 0.25) is 0 Å². The third kappa shape index (κ3) is 3.37. The van der Waals surface area contributed by atoms with E-state index in [-0.39, 0.29) is 24.2 Å². The van der Waals surface area contributed by atoms with E-state index < -0.39 is 15.1 Å². The maximum Gasteiger partial charge on any atom is 0.254 e. The molecule has 0 N–H and O–H groups in total. The van der Waals surface area contributed by atoms with Crippen LogP contribution in [0.25, 0.3) is 0 Å². The Kier molecular flexibility index (Phi) is 5.00. The molecule has 5 heteroatoms. The van der Waals surface area contributed by atoms with Gasteiger partial charge in [0, 0.05) is 18.2 Å². The summed E-state index contributed by atoms with van der Waals surface area (Å²) < 4.78 is 24.0. The molecule has 1 saturated carbocycles. The van der Waals surface area contributed by atoms with Crippen molar-refractivity contribution in [1.29, 1.82) is 0 Å². The van der Waals surface area contributed by atoms with E-state index in [2.05, 4.69) is 12.1 Å². The minimum absolute atomic E-state index is 0.0561. The van der Waals surface area contributed by atoms with Crippen molar-refractivity contribution in [2.45, 2.75) is 63.2 Å². The van der Waals surface area contributed by atoms with Gasteiger partial charge in [-0.15, -0.1) is 0 Å². The van der Waals surface area contributed by atoms with Gasteiger partial charge in [0.05, 0.1) is 11.0 Å². The van der Waals surface area contributed by atoms with Crippen molar-refractivity contribution >= 4 is 15.7 Å². The smallest absolute Gasteiger partial charge is 0.254 e. The molecule has 1 aliphatic heterocycles. The largest absolute Gasteiger partial charge is 0.334 e. The summed E-state index contributed by atoms with van der Waals surface area (Å²) in [4.78, 5) is 14.5. The van der Waals surface area contributed by atoms with Crippen molar-refractivity contribution in [3.63, 3.8) is 0 Å². The Morgan fingerprint density at radius 2 is 1.67 bits per heavy atom. The number of benzene rings is 1. The maximum atomic E-state index is 12.8. The molecule has 0 aromatic heterocycles. The Labute approximate surface area is 145 Å². The topological polar surface area (TPSA) is 54.5 Å². The van der Waals surface area contributed by atoms with Gasteiger partial charge in [-0.3, -0.25) is 4.79 Å². The predicted octanol–water partition coefficient (Wildman–Crippen LogP) is 3.38. The summed E-state index contributed by atoms with van der Waals surface area (Å²) in [6.45, 7) is 3.82. The third-order valence-electron chi connectivity index (χ3n) is 5.85. The summed E-state index contributed by atoms with van der Waals surface area (Å²) in [7, 11) is -3.07. The fraction of sp³-hybridized carbons (Fsp3) is 0.632. The zero-order valence-corrected chi connectivity index (χ0v) is 15.4. The van der Waals surface area contributed by atoms with Crippen LogP contribution < -0.4 is 0 Å². The summed E-state index contributed by atoms with van der Waals surface area (Å²) in [5, 5.41) is -0.503. The van der Waals surface area contributed by atoms with E-state index in [0.29, 0.717) is 11.5 Å². The number of nitrogens with zero attached hydrogens (tertiary/aromatic N) is 1. The Morgan fingerprint density at radius 3 is 2.29 bits per heavy atom. The summed E-state index contributed by atoms with van der Waals surface area (Å²) in [5.41, 5.74) is 1.99. The van der Waals surface area contributed by atoms with E-state index in [0.717, 1.165) is 0 Å². The third-order valence-corrected chi connectivity index (χ3v) is 8.13. The Morgan fingerprint density at radius 1 is 1.04 bits per heavy atom. The standard InChI is InChI=1S/C19H27NO3S/c1-14-15(2)24(22,23)13-12-20(14)19(21)18-10-8-17(9-11-18)16-6-4-3-5-7-16/h8-11,14-16H,3-7,12-13H2,1-2H3. The van der Waals surface area contributed by atoms with E-state index in [1.807, 2.05) is 19.1 Å². The zero-order chi connectivity index (χ0) is 17.3. The molecule has 1 saturated heterocycles. The number of hydrogen-bond acceptors (Lipinski definition) is 3. The van der Waals surface area contributed by atoms with Crippen molar-refractivity contribution in [3.8, 4) is 0 Å². The molecule has 0 bridgehead atoms. The van der Waals surface area contributed by atoms with Crippen LogP contribution in [0.4, 0.5) is 0 Å². The second kappa shape index (κ2) is 6.87. The van der Waals surface area contributed by atoms with Crippen LogP contribution in [-0.2, 0) is 9.84 Å². The summed E-state index contributed by atoms with van der Waals surface area (Å²) in [5.74, 6) is 0.631. The fourth-order valence-corrected chi connectivity index (χ4v) is 5.52. The zero-order valence-electron chi connectivity index (χ0n) is 14.6. The maximum absolute atomic E-state index is 12.8. The van der Waals surface area contributed by atoms with Gasteiger partial charge in [0.25, 0.3) is 5.91 Å². The molecule has 0 spiro atoms. The van der Waals surface area contributed by atoms with Crippen molar-refractivity contribution in [2.75, 3.05) is 12.3 Å². The molecule has 2 fully saturated rings. The van der Waals surface area contributed by atoms with Crippen LogP contribution in [0.3, 0.4) is 0 Å². The Balaban J connectivity index is 1.73. The van der Waals surface area contributed by atoms with E-state index in [1.165, 1.54) is 37.7 Å². The lowest BCUT2D eigenvalue weighted by Gasteiger charge is -2.37. The average Bonchev–Trinajstić information content (AvgIpc) is 2.60. The van der Waals surface area contributed by atoms with Crippen LogP contribution in [0.5, 0.6) is 0 Å². The lowest BCUT2D eigenvalue weighted by molar-refractivity contribution is 0.0693. The van der Waals surface area contributed by atoms with Crippen LogP contribution in [0, 0.1) is 0 Å². The van der Waals surface area contributed by atoms with Gasteiger partial charge < -0.3 is 4.90 Å². The number of rotatable bonds is 2. The van der Waals surface area contributed by atoms with E-state index in [1.54, 1.807) is 11.8 Å². The van der Waals surface area contributed by atoms with Gasteiger partial charge in [0.15, 0.2) is 9.84 Å². The lowest BCUT2D eigenvalue weighted by Crippen LogP contribution is -2.54. The number of carbonyl (C=O) groups is 1. The minimum Gasteiger partial charge on any atom is -0.334 e. The van der Waals surface area contributed by atoms with Crippen molar-refractivity contribution in [3.05, 3.63) is 35.4 Å². The van der Waals surface area contributed by atoms with E-state index in [9.17, 15) is 13.2 Å². The van der Waals surface area contributed by atoms with Gasteiger partial charge in [-0.05, 0) is 50.3 Å².